The fourth-order valence-corrected chi connectivity index (χ4v) is 5.70. The third kappa shape index (κ3) is 7.56. The fourth-order valence-electron chi connectivity index (χ4n) is 5.04. The van der Waals surface area contributed by atoms with E-state index in [-0.39, 0.29) is 23.2 Å². The van der Waals surface area contributed by atoms with Gasteiger partial charge in [-0.1, -0.05) is 6.07 Å². The Morgan fingerprint density at radius 2 is 1.77 bits per heavy atom. The first-order chi connectivity index (χ1) is 20.8. The van der Waals surface area contributed by atoms with Crippen molar-refractivity contribution in [2.75, 3.05) is 24.5 Å². The molecule has 8 nitrogen and oxygen atoms in total. The Balaban J connectivity index is 1.19. The van der Waals surface area contributed by atoms with Gasteiger partial charge in [0.1, 0.15) is 0 Å². The van der Waals surface area contributed by atoms with Gasteiger partial charge >= 0.3 is 12.4 Å². The van der Waals surface area contributed by atoms with Crippen LogP contribution in [0.25, 0.3) is 17.3 Å². The van der Waals surface area contributed by atoms with Crippen LogP contribution in [-0.2, 0) is 23.7 Å². The monoisotopic (exact) mass is 636 g/mol. The summed E-state index contributed by atoms with van der Waals surface area (Å²) in [5.74, 6) is 0.354. The van der Waals surface area contributed by atoms with Gasteiger partial charge in [0.15, 0.2) is 0 Å². The molecule has 5 rings (SSSR count). The maximum Gasteiger partial charge on any atom is 0.417 e. The van der Waals surface area contributed by atoms with Crippen LogP contribution in [0.4, 0.5) is 37.1 Å². The molecule has 0 bridgehead atoms. The number of rotatable bonds is 7. The molecule has 232 valence electrons. The molecule has 2 amide bonds. The minimum absolute atomic E-state index is 0.0483. The van der Waals surface area contributed by atoms with Crippen LogP contribution in [0.15, 0.2) is 47.5 Å². The number of piperidine rings is 1. The number of thioether (sulfide) groups is 1. The van der Waals surface area contributed by atoms with Crippen LogP contribution in [0.5, 0.6) is 0 Å². The first kappa shape index (κ1) is 31.4. The van der Waals surface area contributed by atoms with Crippen molar-refractivity contribution in [1.82, 2.24) is 25.6 Å². The molecule has 0 spiro atoms. The zero-order valence-electron chi connectivity index (χ0n) is 23.2. The van der Waals surface area contributed by atoms with Gasteiger partial charge in [-0.15, -0.1) is 0 Å². The van der Waals surface area contributed by atoms with Gasteiger partial charge in [-0.3, -0.25) is 19.9 Å². The molecule has 2 saturated heterocycles. The predicted octanol–water partition coefficient (Wildman–Crippen LogP) is 6.21. The van der Waals surface area contributed by atoms with Crippen molar-refractivity contribution < 1.29 is 35.9 Å². The molecule has 2 aliphatic heterocycles. The average Bonchev–Trinajstić information content (AvgIpc) is 3.27. The Bertz CT molecular complexity index is 1600. The predicted molar refractivity (Wildman–Crippen MR) is 152 cm³/mol. The highest BCUT2D eigenvalue weighted by Gasteiger charge is 2.38. The number of imide groups is 1. The number of nitrogens with zero attached hydrogens (tertiary/aromatic N) is 4. The van der Waals surface area contributed by atoms with E-state index >= 15 is 0 Å². The van der Waals surface area contributed by atoms with Crippen molar-refractivity contribution >= 4 is 34.9 Å². The standard InChI is InChI=1S/C29H26F6N6O2S/c1-16-10-20(38-23(11-16)21-3-2-18(28(30,31)32)12-22(21)29(33,34)35)15-36-14-17-5-8-41(9-6-17)26-37-7-4-19(39-26)13-24-25(42)40-27(43)44-24/h2-4,7,10-13,17,36H,5-6,8-9,14-15H2,1H3,(H,40,42,43)/b24-13-. The zero-order chi connectivity index (χ0) is 31.6. The molecule has 2 aliphatic rings. The SMILES string of the molecule is Cc1cc(CNCC2CCN(c3nccc(/C=C4\SC(=O)NC4=O)n3)CC2)nc(-c2ccc(C(F)(F)F)cc2C(F)(F)F)c1. The molecular weight excluding hydrogens is 610 g/mol. The van der Waals surface area contributed by atoms with Gasteiger partial charge in [-0.2, -0.15) is 26.3 Å². The number of hydrogen-bond acceptors (Lipinski definition) is 8. The number of hydrogen-bond donors (Lipinski definition) is 2. The molecule has 2 aromatic heterocycles. The molecule has 0 aliphatic carbocycles. The Hall–Kier alpha value is -3.98. The molecule has 0 atom stereocenters. The lowest BCUT2D eigenvalue weighted by Crippen LogP contribution is -2.38. The third-order valence-corrected chi connectivity index (χ3v) is 7.98. The van der Waals surface area contributed by atoms with Gasteiger partial charge in [0.05, 0.1) is 33.1 Å². The summed E-state index contributed by atoms with van der Waals surface area (Å²) in [6, 6.07) is 6.37. The summed E-state index contributed by atoms with van der Waals surface area (Å²) in [5, 5.41) is 5.08. The lowest BCUT2D eigenvalue weighted by atomic mass is 9.97. The van der Waals surface area contributed by atoms with Crippen molar-refractivity contribution in [2.24, 2.45) is 5.92 Å². The molecule has 0 saturated carbocycles. The highest BCUT2D eigenvalue weighted by atomic mass is 32.2. The van der Waals surface area contributed by atoms with Crippen molar-refractivity contribution in [3.8, 4) is 11.3 Å². The van der Waals surface area contributed by atoms with Gasteiger partial charge in [-0.25, -0.2) is 9.97 Å². The summed E-state index contributed by atoms with van der Waals surface area (Å²) in [7, 11) is 0. The van der Waals surface area contributed by atoms with Gasteiger partial charge in [0.25, 0.3) is 11.1 Å². The minimum Gasteiger partial charge on any atom is -0.341 e. The molecule has 15 heteroatoms. The van der Waals surface area contributed by atoms with Crippen molar-refractivity contribution in [3.63, 3.8) is 0 Å². The smallest absolute Gasteiger partial charge is 0.341 e. The molecule has 1 aromatic carbocycles. The van der Waals surface area contributed by atoms with Crippen LogP contribution in [-0.4, -0.2) is 45.7 Å². The molecule has 2 N–H and O–H groups in total. The van der Waals surface area contributed by atoms with Crippen molar-refractivity contribution in [3.05, 3.63) is 75.6 Å². The lowest BCUT2D eigenvalue weighted by Gasteiger charge is -2.32. The van der Waals surface area contributed by atoms with Crippen LogP contribution in [0.2, 0.25) is 0 Å². The van der Waals surface area contributed by atoms with Crippen LogP contribution >= 0.6 is 11.8 Å². The fraction of sp³-hybridized carbons (Fsp3) is 0.345. The summed E-state index contributed by atoms with van der Waals surface area (Å²) >= 11 is 0.813. The van der Waals surface area contributed by atoms with E-state index in [9.17, 15) is 35.9 Å². The number of pyridine rings is 1. The minimum atomic E-state index is -5.00. The summed E-state index contributed by atoms with van der Waals surface area (Å²) in [6.45, 7) is 3.95. The average molecular weight is 637 g/mol. The number of benzene rings is 1. The van der Waals surface area contributed by atoms with E-state index in [0.29, 0.717) is 54.5 Å². The van der Waals surface area contributed by atoms with Crippen LogP contribution in [0, 0.1) is 12.8 Å². The molecule has 2 fully saturated rings. The summed E-state index contributed by atoms with van der Waals surface area (Å²) in [5.41, 5.74) is -1.61. The number of carbonyl (C=O) groups is 2. The number of nitrogens with one attached hydrogen (secondary N) is 2. The number of anilines is 1. The summed E-state index contributed by atoms with van der Waals surface area (Å²) in [6.07, 6.45) is -5.13. The molecular formula is C29H26F6N6O2S. The highest BCUT2D eigenvalue weighted by Crippen LogP contribution is 2.40. The van der Waals surface area contributed by atoms with Crippen LogP contribution in [0.3, 0.4) is 0 Å². The van der Waals surface area contributed by atoms with E-state index in [1.165, 1.54) is 6.07 Å². The van der Waals surface area contributed by atoms with Gasteiger partial charge in [0.2, 0.25) is 5.95 Å². The second kappa shape index (κ2) is 12.6. The first-order valence-electron chi connectivity index (χ1n) is 13.6. The number of alkyl halides is 6. The first-order valence-corrected chi connectivity index (χ1v) is 14.4. The molecule has 4 heterocycles. The topological polar surface area (TPSA) is 100 Å². The quantitative estimate of drug-likeness (QED) is 0.233. The molecule has 0 radical (unpaired) electrons. The Labute approximate surface area is 252 Å². The molecule has 3 aromatic rings. The number of amides is 2. The van der Waals surface area contributed by atoms with Crippen molar-refractivity contribution in [1.29, 1.82) is 0 Å². The van der Waals surface area contributed by atoms with E-state index in [4.69, 9.17) is 0 Å². The van der Waals surface area contributed by atoms with Crippen molar-refractivity contribution in [2.45, 2.75) is 38.7 Å². The number of halogens is 6. The second-order valence-corrected chi connectivity index (χ2v) is 11.5. The van der Waals surface area contributed by atoms with E-state index in [2.05, 4.69) is 25.6 Å². The summed E-state index contributed by atoms with van der Waals surface area (Å²) < 4.78 is 80.5. The number of aromatic nitrogens is 3. The van der Waals surface area contributed by atoms with Crippen LogP contribution < -0.4 is 15.5 Å². The molecule has 44 heavy (non-hydrogen) atoms. The number of carbonyl (C=O) groups excluding carboxylic acids is 2. The Morgan fingerprint density at radius 3 is 2.43 bits per heavy atom. The maximum atomic E-state index is 13.7. The lowest BCUT2D eigenvalue weighted by molar-refractivity contribution is -0.142. The maximum absolute atomic E-state index is 13.7. The third-order valence-electron chi connectivity index (χ3n) is 7.17. The van der Waals surface area contributed by atoms with E-state index < -0.39 is 40.2 Å². The zero-order valence-corrected chi connectivity index (χ0v) is 24.0. The number of aryl methyl sites for hydroxylation is 1. The van der Waals surface area contributed by atoms with Gasteiger partial charge < -0.3 is 10.2 Å². The van der Waals surface area contributed by atoms with Crippen LogP contribution in [0.1, 0.15) is 40.9 Å². The van der Waals surface area contributed by atoms with Gasteiger partial charge in [-0.05, 0) is 86.0 Å². The normalized spacial score (nSPS) is 17.4. The second-order valence-electron chi connectivity index (χ2n) is 10.5. The van der Waals surface area contributed by atoms with E-state index in [0.717, 1.165) is 30.7 Å². The Morgan fingerprint density at radius 1 is 1.02 bits per heavy atom. The molecule has 0 unspecified atom stereocenters. The van der Waals surface area contributed by atoms with E-state index in [1.54, 1.807) is 31.3 Å². The van der Waals surface area contributed by atoms with Gasteiger partial charge in [0, 0.05) is 31.4 Å². The summed E-state index contributed by atoms with van der Waals surface area (Å²) in [4.78, 5) is 38.7. The highest BCUT2D eigenvalue weighted by molar-refractivity contribution is 8.18. The Kier molecular flexibility index (Phi) is 8.97. The largest absolute Gasteiger partial charge is 0.417 e. The van der Waals surface area contributed by atoms with E-state index in [1.807, 2.05) is 4.90 Å².